The molecule has 0 aliphatic carbocycles. The highest BCUT2D eigenvalue weighted by molar-refractivity contribution is 5.94. The van der Waals surface area contributed by atoms with E-state index in [0.29, 0.717) is 38.8 Å². The van der Waals surface area contributed by atoms with Crippen molar-refractivity contribution in [2.75, 3.05) is 33.8 Å². The third-order valence-corrected chi connectivity index (χ3v) is 8.80. The van der Waals surface area contributed by atoms with E-state index < -0.39 is 41.6 Å². The van der Waals surface area contributed by atoms with Gasteiger partial charge in [0.05, 0.1) is 12.6 Å². The maximum absolute atomic E-state index is 14.0. The number of fused-ring (bicyclic) bond motifs is 1. The largest absolute Gasteiger partial charge is 0.444 e. The lowest BCUT2D eigenvalue weighted by atomic mass is 9.98. The zero-order chi connectivity index (χ0) is 37.7. The van der Waals surface area contributed by atoms with Crippen molar-refractivity contribution in [1.82, 2.24) is 25.3 Å². The van der Waals surface area contributed by atoms with E-state index >= 15 is 0 Å². The quantitative estimate of drug-likeness (QED) is 0.299. The summed E-state index contributed by atoms with van der Waals surface area (Å²) in [4.78, 5) is 69.2. The van der Waals surface area contributed by atoms with E-state index in [9.17, 15) is 24.0 Å². The Kier molecular flexibility index (Phi) is 14.3. The van der Waals surface area contributed by atoms with E-state index in [2.05, 4.69) is 10.6 Å². The molecule has 12 nitrogen and oxygen atoms in total. The van der Waals surface area contributed by atoms with Gasteiger partial charge in [-0.25, -0.2) is 4.79 Å². The van der Waals surface area contributed by atoms with Gasteiger partial charge < -0.3 is 34.8 Å². The highest BCUT2D eigenvalue weighted by Gasteiger charge is 2.45. The first kappa shape index (κ1) is 39.6. The number of nitrogens with zero attached hydrogens (tertiary/aromatic N) is 3. The predicted molar refractivity (Wildman–Crippen MR) is 197 cm³/mol. The highest BCUT2D eigenvalue weighted by Crippen LogP contribution is 2.31. The van der Waals surface area contributed by atoms with Crippen molar-refractivity contribution in [3.05, 3.63) is 108 Å². The first-order valence-corrected chi connectivity index (χ1v) is 17.6. The molecule has 52 heavy (non-hydrogen) atoms. The summed E-state index contributed by atoms with van der Waals surface area (Å²) in [5.41, 5.74) is 2.32. The van der Waals surface area contributed by atoms with Gasteiger partial charge in [0.2, 0.25) is 24.1 Å². The lowest BCUT2D eigenvalue weighted by molar-refractivity contribution is -0.145. The summed E-state index contributed by atoms with van der Waals surface area (Å²) in [5.74, 6) is -1.29. The molecule has 3 atom stereocenters. The second-order valence-corrected chi connectivity index (χ2v) is 14.0. The molecule has 2 aliphatic heterocycles. The summed E-state index contributed by atoms with van der Waals surface area (Å²) in [6.07, 6.45) is 1.57. The van der Waals surface area contributed by atoms with E-state index in [1.807, 2.05) is 91.0 Å². The van der Waals surface area contributed by atoms with Crippen LogP contribution in [-0.2, 0) is 35.3 Å². The molecule has 2 fully saturated rings. The second kappa shape index (κ2) is 18.8. The molecule has 2 aliphatic rings. The minimum absolute atomic E-state index is 0.0432. The van der Waals surface area contributed by atoms with Gasteiger partial charge in [-0.15, -0.1) is 0 Å². The minimum Gasteiger partial charge on any atom is -0.444 e. The summed E-state index contributed by atoms with van der Waals surface area (Å²) < 4.78 is 10.2. The van der Waals surface area contributed by atoms with Crippen molar-refractivity contribution < 1.29 is 33.4 Å². The summed E-state index contributed by atoms with van der Waals surface area (Å²) in [7, 11) is 3.13. The number of hydrogen-bond acceptors (Lipinski definition) is 7. The van der Waals surface area contributed by atoms with Crippen LogP contribution in [0.4, 0.5) is 4.79 Å². The third-order valence-electron chi connectivity index (χ3n) is 8.80. The Balaban J connectivity index is 0.000000585. The molecular weight excluding hydrogens is 662 g/mol. The summed E-state index contributed by atoms with van der Waals surface area (Å²) in [6.45, 7) is 5.87. The Labute approximate surface area is 306 Å². The van der Waals surface area contributed by atoms with E-state index in [1.165, 1.54) is 17.5 Å². The number of benzene rings is 3. The summed E-state index contributed by atoms with van der Waals surface area (Å²) in [6, 6.07) is 26.9. The Bertz CT molecular complexity index is 1580. The molecule has 0 bridgehead atoms. The summed E-state index contributed by atoms with van der Waals surface area (Å²) in [5, 5.41) is 5.87. The highest BCUT2D eigenvalue weighted by atomic mass is 16.6. The average molecular weight is 714 g/mol. The van der Waals surface area contributed by atoms with Crippen LogP contribution < -0.4 is 10.6 Å². The molecule has 12 heteroatoms. The van der Waals surface area contributed by atoms with Gasteiger partial charge >= 0.3 is 6.09 Å². The maximum Gasteiger partial charge on any atom is 0.410 e. The van der Waals surface area contributed by atoms with Crippen LogP contribution >= 0.6 is 0 Å². The van der Waals surface area contributed by atoms with Gasteiger partial charge in [-0.1, -0.05) is 91.0 Å². The van der Waals surface area contributed by atoms with Crippen molar-refractivity contribution >= 4 is 30.2 Å². The number of rotatable bonds is 10. The normalized spacial score (nSPS) is 18.6. The number of carbonyl (C=O) groups is 5. The number of carbonyl (C=O) groups excluding carboxylic acids is 5. The Morgan fingerprint density at radius 3 is 2.02 bits per heavy atom. The van der Waals surface area contributed by atoms with Crippen LogP contribution in [-0.4, -0.2) is 102 Å². The topological polar surface area (TPSA) is 138 Å². The van der Waals surface area contributed by atoms with Crippen LogP contribution in [0.1, 0.15) is 62.8 Å². The number of hydrogen-bond donors (Lipinski definition) is 2. The molecule has 0 saturated carbocycles. The molecule has 3 unspecified atom stereocenters. The molecule has 278 valence electrons. The van der Waals surface area contributed by atoms with E-state index in [0.717, 1.165) is 16.0 Å². The molecular formula is C40H51N5O7. The molecule has 0 radical (unpaired) electrons. The monoisotopic (exact) mass is 713 g/mol. The fourth-order valence-corrected chi connectivity index (χ4v) is 6.35. The van der Waals surface area contributed by atoms with E-state index in [1.54, 1.807) is 32.8 Å². The molecule has 0 aromatic heterocycles. The van der Waals surface area contributed by atoms with E-state index in [-0.39, 0.29) is 25.0 Å². The lowest BCUT2D eigenvalue weighted by Crippen LogP contribution is -2.61. The molecule has 2 heterocycles. The molecule has 3 aromatic rings. The molecule has 2 saturated heterocycles. The fraction of sp³-hybridized carbons (Fsp3) is 0.425. The van der Waals surface area contributed by atoms with Crippen LogP contribution in [0, 0.1) is 0 Å². The summed E-state index contributed by atoms with van der Waals surface area (Å²) >= 11 is 0. The van der Waals surface area contributed by atoms with E-state index in [4.69, 9.17) is 9.47 Å². The zero-order valence-electron chi connectivity index (χ0n) is 30.7. The van der Waals surface area contributed by atoms with Gasteiger partial charge in [0.1, 0.15) is 24.2 Å². The van der Waals surface area contributed by atoms with Crippen molar-refractivity contribution in [2.24, 2.45) is 0 Å². The van der Waals surface area contributed by atoms with Gasteiger partial charge in [-0.3, -0.25) is 19.2 Å². The van der Waals surface area contributed by atoms with Crippen LogP contribution in [0.3, 0.4) is 0 Å². The standard InChI is InChI=1S/C32H41N5O6.C8H10O/c1-32(2,3)43-31(42)35(4)20-27(39)33-25-19-36(21-38)18-17-24-15-16-26(37(24)30(25)41)29(40)34-28(22-11-7-5-8-12-22)23-13-9-6-10-14-23;1-9-7-8-5-3-2-4-6-8/h5-14,21,24-26,28H,15-20H2,1-4H3,(H,33,39)(H,34,40);2-6H,7H2,1H3. The van der Waals surface area contributed by atoms with Crippen LogP contribution in [0.25, 0.3) is 0 Å². The fourth-order valence-electron chi connectivity index (χ4n) is 6.35. The predicted octanol–water partition coefficient (Wildman–Crippen LogP) is 4.30. The zero-order valence-corrected chi connectivity index (χ0v) is 30.7. The number of likely N-dealkylation sites (N-methyl/N-ethyl adjacent to an activating group) is 1. The molecule has 3 aromatic carbocycles. The molecule has 5 amide bonds. The maximum atomic E-state index is 14.0. The van der Waals surface area contributed by atoms with Crippen LogP contribution in [0.2, 0.25) is 0 Å². The van der Waals surface area contributed by atoms with Crippen molar-refractivity contribution in [1.29, 1.82) is 0 Å². The SMILES string of the molecule is CN(CC(=O)NC1CN(C=O)CCC2CCC(C(=O)NC(c3ccccc3)c3ccccc3)N2C1=O)C(=O)OC(C)(C)C.COCc1ccccc1. The number of methoxy groups -OCH3 is 1. The number of ether oxygens (including phenoxy) is 2. The smallest absolute Gasteiger partial charge is 0.410 e. The number of amides is 5. The minimum atomic E-state index is -1.08. The Morgan fingerprint density at radius 1 is 0.904 bits per heavy atom. The number of nitrogens with one attached hydrogen (secondary N) is 2. The van der Waals surface area contributed by atoms with Crippen molar-refractivity contribution in [3.63, 3.8) is 0 Å². The van der Waals surface area contributed by atoms with Crippen LogP contribution in [0.5, 0.6) is 0 Å². The second-order valence-electron chi connectivity index (χ2n) is 14.0. The first-order valence-electron chi connectivity index (χ1n) is 17.6. The van der Waals surface area contributed by atoms with Gasteiger partial charge in [0.25, 0.3) is 0 Å². The molecule has 5 rings (SSSR count). The average Bonchev–Trinajstić information content (AvgIpc) is 3.55. The van der Waals surface area contributed by atoms with Gasteiger partial charge in [-0.2, -0.15) is 0 Å². The van der Waals surface area contributed by atoms with Gasteiger partial charge in [0.15, 0.2) is 0 Å². The van der Waals surface area contributed by atoms with Crippen LogP contribution in [0.15, 0.2) is 91.0 Å². The Morgan fingerprint density at radius 2 is 1.48 bits per heavy atom. The van der Waals surface area contributed by atoms with Crippen molar-refractivity contribution in [3.8, 4) is 0 Å². The lowest BCUT2D eigenvalue weighted by Gasteiger charge is -2.38. The van der Waals surface area contributed by atoms with Crippen molar-refractivity contribution in [2.45, 2.75) is 76.4 Å². The first-order chi connectivity index (χ1) is 24.9. The molecule has 0 spiro atoms. The van der Waals surface area contributed by atoms with Gasteiger partial charge in [0, 0.05) is 33.3 Å². The molecule has 2 N–H and O–H groups in total. The Hall–Kier alpha value is -5.23. The van der Waals surface area contributed by atoms with Gasteiger partial charge in [-0.05, 0) is 56.7 Å². The third kappa shape index (κ3) is 11.4.